The van der Waals surface area contributed by atoms with E-state index < -0.39 is 23.1 Å². The summed E-state index contributed by atoms with van der Waals surface area (Å²) in [5.41, 5.74) is -0.327. The Morgan fingerprint density at radius 1 is 0.971 bits per heavy atom. The van der Waals surface area contributed by atoms with Crippen LogP contribution in [0.25, 0.3) is 5.76 Å². The molecule has 2 amide bonds. The molecule has 0 aliphatic carbocycles. The Bertz CT molecular complexity index is 1170. The Hall–Kier alpha value is -3.49. The van der Waals surface area contributed by atoms with Gasteiger partial charge in [-0.2, -0.15) is 0 Å². The van der Waals surface area contributed by atoms with Gasteiger partial charge in [-0.15, -0.1) is 0 Å². The van der Waals surface area contributed by atoms with Crippen molar-refractivity contribution in [3.8, 4) is 0 Å². The molecule has 1 unspecified atom stereocenters. The van der Waals surface area contributed by atoms with Gasteiger partial charge in [0.25, 0.3) is 17.6 Å². The molecule has 0 bridgehead atoms. The van der Waals surface area contributed by atoms with E-state index in [9.17, 15) is 19.5 Å². The van der Waals surface area contributed by atoms with E-state index in [4.69, 9.17) is 4.74 Å². The first kappa shape index (κ1) is 22.3. The van der Waals surface area contributed by atoms with Crippen molar-refractivity contribution in [2.75, 3.05) is 51.3 Å². The van der Waals surface area contributed by atoms with Gasteiger partial charge in [0.05, 0.1) is 18.8 Å². The largest absolute Gasteiger partial charge is 0.507 e. The molecule has 0 aromatic heterocycles. The SMILES string of the molecule is CN1C(=O)C2(C(=C(O)c3ccccc3)C(=O)C(=O)N2CCCN2CCOCC2)c2ccccc21. The maximum Gasteiger partial charge on any atom is 0.296 e. The molecular formula is C26H27N3O5. The molecular weight excluding hydrogens is 434 g/mol. The van der Waals surface area contributed by atoms with E-state index in [0.717, 1.165) is 13.1 Å². The van der Waals surface area contributed by atoms with E-state index in [0.29, 0.717) is 43.0 Å². The van der Waals surface area contributed by atoms with E-state index in [-0.39, 0.29) is 17.9 Å². The molecule has 8 heteroatoms. The molecule has 34 heavy (non-hydrogen) atoms. The number of para-hydroxylation sites is 1. The second kappa shape index (κ2) is 8.70. The fourth-order valence-electron chi connectivity index (χ4n) is 5.29. The number of aliphatic hydroxyl groups excluding tert-OH is 1. The van der Waals surface area contributed by atoms with Crippen molar-refractivity contribution in [3.63, 3.8) is 0 Å². The molecule has 5 rings (SSSR count). The predicted octanol–water partition coefficient (Wildman–Crippen LogP) is 1.96. The summed E-state index contributed by atoms with van der Waals surface area (Å²) in [5, 5.41) is 11.3. The molecule has 0 saturated carbocycles. The second-order valence-corrected chi connectivity index (χ2v) is 8.77. The predicted molar refractivity (Wildman–Crippen MR) is 126 cm³/mol. The van der Waals surface area contributed by atoms with Crippen LogP contribution in [0.2, 0.25) is 0 Å². The van der Waals surface area contributed by atoms with Gasteiger partial charge in [-0.25, -0.2) is 0 Å². The van der Waals surface area contributed by atoms with Crippen LogP contribution in [0.1, 0.15) is 17.5 Å². The average Bonchev–Trinajstić information content (AvgIpc) is 3.23. The van der Waals surface area contributed by atoms with E-state index in [1.165, 1.54) is 9.80 Å². The van der Waals surface area contributed by atoms with Gasteiger partial charge >= 0.3 is 0 Å². The molecule has 0 radical (unpaired) electrons. The molecule has 3 aliphatic heterocycles. The standard InChI is InChI=1S/C26H27N3O5/c1-27-20-11-6-5-10-19(20)26(25(27)33)21(22(30)18-8-3-2-4-9-18)23(31)24(32)29(26)13-7-12-28-14-16-34-17-15-28/h2-6,8-11,30H,7,12-17H2,1H3. The molecule has 3 heterocycles. The monoisotopic (exact) mass is 461 g/mol. The molecule has 1 atom stereocenters. The summed E-state index contributed by atoms with van der Waals surface area (Å²) in [4.78, 5) is 45.8. The number of ether oxygens (including phenoxy) is 1. The zero-order chi connectivity index (χ0) is 23.9. The second-order valence-electron chi connectivity index (χ2n) is 8.77. The lowest BCUT2D eigenvalue weighted by atomic mass is 9.82. The molecule has 1 spiro atoms. The van der Waals surface area contributed by atoms with Gasteiger partial charge in [-0.05, 0) is 12.5 Å². The number of likely N-dealkylation sites (N-methyl/N-ethyl adjacent to an activating group) is 1. The number of amides is 2. The molecule has 2 aromatic rings. The molecule has 2 aromatic carbocycles. The molecule has 3 aliphatic rings. The Morgan fingerprint density at radius 2 is 1.65 bits per heavy atom. The number of rotatable bonds is 5. The first-order valence-corrected chi connectivity index (χ1v) is 11.5. The van der Waals surface area contributed by atoms with Crippen LogP contribution in [0.15, 0.2) is 60.2 Å². The van der Waals surface area contributed by atoms with Crippen molar-refractivity contribution in [1.29, 1.82) is 0 Å². The number of fused-ring (bicyclic) bond motifs is 2. The van der Waals surface area contributed by atoms with Gasteiger partial charge in [-0.3, -0.25) is 19.3 Å². The highest BCUT2D eigenvalue weighted by Crippen LogP contribution is 2.53. The number of aliphatic hydroxyl groups is 1. The number of carbonyl (C=O) groups excluding carboxylic acids is 3. The highest BCUT2D eigenvalue weighted by Gasteiger charge is 2.66. The van der Waals surface area contributed by atoms with Gasteiger partial charge in [0.2, 0.25) is 0 Å². The van der Waals surface area contributed by atoms with Crippen LogP contribution < -0.4 is 4.90 Å². The summed E-state index contributed by atoms with van der Waals surface area (Å²) < 4.78 is 5.40. The van der Waals surface area contributed by atoms with Gasteiger partial charge in [0.15, 0.2) is 5.54 Å². The van der Waals surface area contributed by atoms with E-state index >= 15 is 0 Å². The van der Waals surface area contributed by atoms with E-state index in [2.05, 4.69) is 4.90 Å². The number of morpholine rings is 1. The Kier molecular flexibility index (Phi) is 5.71. The Morgan fingerprint density at radius 3 is 2.38 bits per heavy atom. The van der Waals surface area contributed by atoms with Crippen LogP contribution >= 0.6 is 0 Å². The lowest BCUT2D eigenvalue weighted by Gasteiger charge is -2.35. The number of Topliss-reactive ketones (excluding diaryl/α,β-unsaturated/α-hetero) is 1. The van der Waals surface area contributed by atoms with Gasteiger partial charge in [-0.1, -0.05) is 48.5 Å². The summed E-state index contributed by atoms with van der Waals surface area (Å²) in [6, 6.07) is 15.7. The summed E-state index contributed by atoms with van der Waals surface area (Å²) in [5.74, 6) is -2.37. The summed E-state index contributed by atoms with van der Waals surface area (Å²) in [7, 11) is 1.63. The lowest BCUT2D eigenvalue weighted by Crippen LogP contribution is -2.52. The third-order valence-electron chi connectivity index (χ3n) is 6.95. The quantitative estimate of drug-likeness (QED) is 0.416. The molecule has 8 nitrogen and oxygen atoms in total. The van der Waals surface area contributed by atoms with Crippen molar-refractivity contribution in [3.05, 3.63) is 71.3 Å². The normalized spacial score (nSPS) is 24.3. The number of hydrogen-bond acceptors (Lipinski definition) is 6. The number of nitrogens with zero attached hydrogens (tertiary/aromatic N) is 3. The number of benzene rings is 2. The highest BCUT2D eigenvalue weighted by molar-refractivity contribution is 6.50. The fraction of sp³-hybridized carbons (Fsp3) is 0.346. The molecule has 2 saturated heterocycles. The summed E-state index contributed by atoms with van der Waals surface area (Å²) >= 11 is 0. The van der Waals surface area contributed by atoms with Crippen LogP contribution in [0.5, 0.6) is 0 Å². The molecule has 1 N–H and O–H groups in total. The third kappa shape index (κ3) is 3.25. The van der Waals surface area contributed by atoms with Crippen LogP contribution in [0.4, 0.5) is 5.69 Å². The van der Waals surface area contributed by atoms with E-state index in [1.807, 2.05) is 6.07 Å². The zero-order valence-electron chi connectivity index (χ0n) is 19.1. The smallest absolute Gasteiger partial charge is 0.296 e. The first-order chi connectivity index (χ1) is 16.5. The molecule has 2 fully saturated rings. The van der Waals surface area contributed by atoms with E-state index in [1.54, 1.807) is 55.6 Å². The van der Waals surface area contributed by atoms with Crippen molar-refractivity contribution >= 4 is 29.0 Å². The Labute approximate surface area is 198 Å². The summed E-state index contributed by atoms with van der Waals surface area (Å²) in [6.45, 7) is 3.87. The zero-order valence-corrected chi connectivity index (χ0v) is 19.1. The number of likely N-dealkylation sites (tertiary alicyclic amines) is 1. The molecule has 176 valence electrons. The highest BCUT2D eigenvalue weighted by atomic mass is 16.5. The van der Waals surface area contributed by atoms with Crippen LogP contribution in [0, 0.1) is 0 Å². The number of anilines is 1. The van der Waals surface area contributed by atoms with Crippen molar-refractivity contribution in [2.45, 2.75) is 12.0 Å². The first-order valence-electron chi connectivity index (χ1n) is 11.5. The lowest BCUT2D eigenvalue weighted by molar-refractivity contribution is -0.143. The fourth-order valence-corrected chi connectivity index (χ4v) is 5.29. The summed E-state index contributed by atoms with van der Waals surface area (Å²) in [6.07, 6.45) is 0.583. The topological polar surface area (TPSA) is 90.4 Å². The minimum Gasteiger partial charge on any atom is -0.507 e. The average molecular weight is 462 g/mol. The van der Waals surface area contributed by atoms with Crippen LogP contribution in [-0.2, 0) is 24.7 Å². The minimum absolute atomic E-state index is 0.170. The third-order valence-corrected chi connectivity index (χ3v) is 6.95. The van der Waals surface area contributed by atoms with Crippen molar-refractivity contribution in [2.24, 2.45) is 0 Å². The Balaban J connectivity index is 1.62. The van der Waals surface area contributed by atoms with Gasteiger partial charge in [0, 0.05) is 50.0 Å². The maximum absolute atomic E-state index is 13.9. The van der Waals surface area contributed by atoms with Crippen molar-refractivity contribution in [1.82, 2.24) is 9.80 Å². The number of carbonyl (C=O) groups is 3. The van der Waals surface area contributed by atoms with Gasteiger partial charge in [0.1, 0.15) is 5.76 Å². The van der Waals surface area contributed by atoms with Crippen molar-refractivity contribution < 1.29 is 24.2 Å². The minimum atomic E-state index is -1.69. The van der Waals surface area contributed by atoms with Crippen LogP contribution in [0.3, 0.4) is 0 Å². The van der Waals surface area contributed by atoms with Gasteiger partial charge < -0.3 is 19.6 Å². The maximum atomic E-state index is 13.9. The van der Waals surface area contributed by atoms with Crippen LogP contribution in [-0.4, -0.2) is 78.9 Å². The number of hydrogen-bond donors (Lipinski definition) is 1. The number of ketones is 1.